The van der Waals surface area contributed by atoms with Crippen molar-refractivity contribution in [2.45, 2.75) is 12.8 Å². The number of allylic oxidation sites excluding steroid dienone is 4. The van der Waals surface area contributed by atoms with Crippen LogP contribution in [0.2, 0.25) is 0 Å². The summed E-state index contributed by atoms with van der Waals surface area (Å²) in [4.78, 5) is 5.18. The summed E-state index contributed by atoms with van der Waals surface area (Å²) in [6.07, 6.45) is 6.41. The second-order valence-electron chi connectivity index (χ2n) is 17.5. The van der Waals surface area contributed by atoms with Crippen LogP contribution in [0.4, 0.5) is 0 Å². The first kappa shape index (κ1) is 36.8. The molecule has 0 bridgehead atoms. The Hall–Kier alpha value is -8.67. The highest BCUT2D eigenvalue weighted by Crippen LogP contribution is 2.42. The maximum absolute atomic E-state index is 5.18. The molecule has 0 N–H and O–H groups in total. The summed E-state index contributed by atoms with van der Waals surface area (Å²) in [5, 5.41) is 7.50. The molecule has 5 nitrogen and oxygen atoms in total. The minimum absolute atomic E-state index is 0.895. The average Bonchev–Trinajstić information content (AvgIpc) is 4.13. The van der Waals surface area contributed by atoms with Crippen LogP contribution < -0.4 is 0 Å². The van der Waals surface area contributed by atoms with Gasteiger partial charge in [0.1, 0.15) is 5.82 Å². The standard InChI is InChI=1S/C61H41N5/c1-3-15-43(16-4-1)63-55-24-12-9-21-49(55)52-39-46(33-36-59(52)63)65-56-25-13-8-20-48(56)51-38-42(30-35-58(51)65)41-29-34-57-50(37-41)47-19-7-11-23-54(47)64(57)45-31-27-40(28-32-45)61-62-53-22-10-14-26-60(53)66(61)44-17-5-2-6-18-44/h1-27,29-31,33-39H,28,32H2. The fourth-order valence-corrected chi connectivity index (χ4v) is 10.9. The molecule has 0 saturated heterocycles. The van der Waals surface area contributed by atoms with Crippen molar-refractivity contribution < 1.29 is 0 Å². The molecule has 310 valence electrons. The van der Waals surface area contributed by atoms with Crippen LogP contribution >= 0.6 is 0 Å². The second kappa shape index (κ2) is 14.4. The first-order valence-corrected chi connectivity index (χ1v) is 22.8. The predicted octanol–water partition coefficient (Wildman–Crippen LogP) is 15.7. The third-order valence-electron chi connectivity index (χ3n) is 13.9. The third kappa shape index (κ3) is 5.50. The van der Waals surface area contributed by atoms with E-state index in [1.54, 1.807) is 0 Å². The lowest BCUT2D eigenvalue weighted by Crippen LogP contribution is -2.05. The fraction of sp³-hybridized carbons (Fsp3) is 0.0328. The van der Waals surface area contributed by atoms with Gasteiger partial charge in [0.05, 0.1) is 44.1 Å². The Bertz CT molecular complexity index is 4150. The van der Waals surface area contributed by atoms with Crippen molar-refractivity contribution in [1.29, 1.82) is 0 Å². The largest absolute Gasteiger partial charge is 0.313 e. The lowest BCUT2D eigenvalue weighted by atomic mass is 10.00. The van der Waals surface area contributed by atoms with Crippen LogP contribution in [0, 0.1) is 0 Å². The molecule has 4 aromatic heterocycles. The third-order valence-corrected chi connectivity index (χ3v) is 13.9. The molecule has 14 rings (SSSR count). The topological polar surface area (TPSA) is 32.6 Å². The maximum Gasteiger partial charge on any atom is 0.141 e. The summed E-state index contributed by atoms with van der Waals surface area (Å²) in [6.45, 7) is 0. The summed E-state index contributed by atoms with van der Waals surface area (Å²) in [5.41, 5.74) is 17.8. The van der Waals surface area contributed by atoms with Gasteiger partial charge in [-0.05, 0) is 133 Å². The Balaban J connectivity index is 0.872. The van der Waals surface area contributed by atoms with Crippen LogP contribution in [0.25, 0.3) is 116 Å². The molecule has 0 spiro atoms. The number of rotatable bonds is 6. The van der Waals surface area contributed by atoms with Crippen molar-refractivity contribution >= 4 is 87.7 Å². The SMILES string of the molecule is C1=C(c2nc3ccccc3n2-c2ccccc2)CCC(n2c3ccccc3c3cc(-c4ccc5c(c4)c4ccccc4n5-c4ccc5c(c4)c4ccccc4n5-c4ccccc4)ccc32)=C1. The zero-order valence-electron chi connectivity index (χ0n) is 36.0. The van der Waals surface area contributed by atoms with Gasteiger partial charge in [0.2, 0.25) is 0 Å². The van der Waals surface area contributed by atoms with Gasteiger partial charge in [-0.1, -0.05) is 121 Å². The summed E-state index contributed by atoms with van der Waals surface area (Å²) in [6, 6.07) is 77.2. The van der Waals surface area contributed by atoms with Crippen LogP contribution in [0.5, 0.6) is 0 Å². The Morgan fingerprint density at radius 1 is 0.303 bits per heavy atom. The minimum atomic E-state index is 0.895. The number of para-hydroxylation sites is 7. The first-order valence-electron chi connectivity index (χ1n) is 22.8. The molecule has 0 fully saturated rings. The minimum Gasteiger partial charge on any atom is -0.313 e. The van der Waals surface area contributed by atoms with E-state index in [2.05, 4.69) is 243 Å². The summed E-state index contributed by atoms with van der Waals surface area (Å²) in [5.74, 6) is 1.01. The number of imidazole rings is 1. The molecule has 13 aromatic rings. The normalized spacial score (nSPS) is 13.2. The van der Waals surface area contributed by atoms with Gasteiger partial charge in [-0.15, -0.1) is 0 Å². The van der Waals surface area contributed by atoms with E-state index in [4.69, 9.17) is 4.98 Å². The van der Waals surface area contributed by atoms with Crippen molar-refractivity contribution in [3.05, 3.63) is 230 Å². The smallest absolute Gasteiger partial charge is 0.141 e. The molecule has 1 aliphatic carbocycles. The fourth-order valence-electron chi connectivity index (χ4n) is 10.9. The van der Waals surface area contributed by atoms with Gasteiger partial charge < -0.3 is 13.7 Å². The quantitative estimate of drug-likeness (QED) is 0.164. The first-order chi connectivity index (χ1) is 32.7. The molecule has 0 atom stereocenters. The lowest BCUT2D eigenvalue weighted by Gasteiger charge is -2.19. The van der Waals surface area contributed by atoms with Gasteiger partial charge in [0, 0.05) is 55.1 Å². The molecule has 4 heterocycles. The average molecular weight is 844 g/mol. The molecule has 66 heavy (non-hydrogen) atoms. The zero-order valence-corrected chi connectivity index (χ0v) is 36.0. The Labute approximate surface area is 380 Å². The van der Waals surface area contributed by atoms with E-state index in [1.165, 1.54) is 93.5 Å². The number of fused-ring (bicyclic) bond motifs is 10. The van der Waals surface area contributed by atoms with E-state index in [-0.39, 0.29) is 0 Å². The molecule has 0 unspecified atom stereocenters. The van der Waals surface area contributed by atoms with Crippen molar-refractivity contribution in [1.82, 2.24) is 23.3 Å². The molecule has 0 radical (unpaired) electrons. The Morgan fingerprint density at radius 3 is 1.35 bits per heavy atom. The predicted molar refractivity (Wildman–Crippen MR) is 276 cm³/mol. The highest BCUT2D eigenvalue weighted by molar-refractivity contribution is 6.14. The molecule has 1 aliphatic rings. The molecule has 0 saturated carbocycles. The Kier molecular flexibility index (Phi) is 8.04. The summed E-state index contributed by atoms with van der Waals surface area (Å²) < 4.78 is 9.61. The maximum atomic E-state index is 5.18. The number of hydrogen-bond acceptors (Lipinski definition) is 1. The summed E-state index contributed by atoms with van der Waals surface area (Å²) in [7, 11) is 0. The molecule has 9 aromatic carbocycles. The van der Waals surface area contributed by atoms with Crippen LogP contribution in [0.3, 0.4) is 0 Å². The number of nitrogens with zero attached hydrogens (tertiary/aromatic N) is 5. The zero-order chi connectivity index (χ0) is 43.3. The molecular formula is C61H41N5. The van der Waals surface area contributed by atoms with E-state index in [0.717, 1.165) is 41.1 Å². The highest BCUT2D eigenvalue weighted by Gasteiger charge is 2.22. The highest BCUT2D eigenvalue weighted by atomic mass is 15.1. The van der Waals surface area contributed by atoms with Crippen LogP contribution in [-0.2, 0) is 0 Å². The van der Waals surface area contributed by atoms with Gasteiger partial charge in [-0.25, -0.2) is 4.98 Å². The van der Waals surface area contributed by atoms with Gasteiger partial charge in [-0.2, -0.15) is 0 Å². The number of benzene rings is 9. The molecule has 0 amide bonds. The van der Waals surface area contributed by atoms with Crippen LogP contribution in [0.1, 0.15) is 18.7 Å². The van der Waals surface area contributed by atoms with Crippen molar-refractivity contribution in [2.24, 2.45) is 0 Å². The number of hydrogen-bond donors (Lipinski definition) is 0. The van der Waals surface area contributed by atoms with E-state index in [0.29, 0.717) is 0 Å². The van der Waals surface area contributed by atoms with Gasteiger partial charge >= 0.3 is 0 Å². The van der Waals surface area contributed by atoms with E-state index in [1.807, 2.05) is 0 Å². The second-order valence-corrected chi connectivity index (χ2v) is 17.5. The lowest BCUT2D eigenvalue weighted by molar-refractivity contribution is 0.955. The van der Waals surface area contributed by atoms with Crippen LogP contribution in [-0.4, -0.2) is 23.3 Å². The number of aromatic nitrogens is 5. The van der Waals surface area contributed by atoms with Crippen LogP contribution in [0.15, 0.2) is 224 Å². The molecule has 5 heteroatoms. The summed E-state index contributed by atoms with van der Waals surface area (Å²) >= 11 is 0. The van der Waals surface area contributed by atoms with Crippen molar-refractivity contribution in [3.8, 4) is 28.2 Å². The monoisotopic (exact) mass is 843 g/mol. The van der Waals surface area contributed by atoms with E-state index < -0.39 is 0 Å². The molecule has 0 aliphatic heterocycles. The van der Waals surface area contributed by atoms with Crippen molar-refractivity contribution in [2.75, 3.05) is 0 Å². The van der Waals surface area contributed by atoms with Gasteiger partial charge in [-0.3, -0.25) is 4.57 Å². The Morgan fingerprint density at radius 2 is 0.758 bits per heavy atom. The van der Waals surface area contributed by atoms with E-state index >= 15 is 0 Å². The van der Waals surface area contributed by atoms with Gasteiger partial charge in [0.25, 0.3) is 0 Å². The van der Waals surface area contributed by atoms with Gasteiger partial charge in [0.15, 0.2) is 0 Å². The molecular weight excluding hydrogens is 803 g/mol. The van der Waals surface area contributed by atoms with Crippen molar-refractivity contribution in [3.63, 3.8) is 0 Å². The van der Waals surface area contributed by atoms with E-state index in [9.17, 15) is 0 Å².